The summed E-state index contributed by atoms with van der Waals surface area (Å²) in [5, 5.41) is 17.4. The predicted molar refractivity (Wildman–Crippen MR) is 70.5 cm³/mol. The van der Waals surface area contributed by atoms with E-state index in [4.69, 9.17) is 0 Å². The number of hydrogen-bond donors (Lipinski definition) is 1. The molecule has 0 aliphatic carbocycles. The summed E-state index contributed by atoms with van der Waals surface area (Å²) in [4.78, 5) is 4.05. The minimum absolute atomic E-state index is 0.231. The second-order valence-electron chi connectivity index (χ2n) is 4.17. The first-order chi connectivity index (χ1) is 9.79. The summed E-state index contributed by atoms with van der Waals surface area (Å²) in [5.74, 6) is -0.320. The van der Waals surface area contributed by atoms with Gasteiger partial charge >= 0.3 is 0 Å². The lowest BCUT2D eigenvalue weighted by molar-refractivity contribution is 0.277. The van der Waals surface area contributed by atoms with Gasteiger partial charge in [-0.2, -0.15) is 0 Å². The summed E-state index contributed by atoms with van der Waals surface area (Å²) in [6.07, 6.45) is 3.33. The first-order valence-corrected chi connectivity index (χ1v) is 6.01. The molecule has 2 aromatic heterocycles. The Morgan fingerprint density at radius 2 is 1.95 bits per heavy atom. The maximum absolute atomic E-state index is 13.0. The molecule has 0 fully saturated rings. The lowest BCUT2D eigenvalue weighted by atomic mass is 10.1. The Bertz CT molecular complexity index is 710. The van der Waals surface area contributed by atoms with Gasteiger partial charge in [-0.05, 0) is 36.4 Å². The van der Waals surface area contributed by atoms with Crippen LogP contribution >= 0.6 is 0 Å². The van der Waals surface area contributed by atoms with Gasteiger partial charge in [-0.25, -0.2) is 9.07 Å². The second-order valence-corrected chi connectivity index (χ2v) is 4.17. The summed E-state index contributed by atoms with van der Waals surface area (Å²) in [6.45, 7) is -0.231. The van der Waals surface area contributed by atoms with E-state index in [1.807, 2.05) is 6.07 Å². The van der Waals surface area contributed by atoms with Crippen LogP contribution in [0.15, 0.2) is 48.8 Å². The van der Waals surface area contributed by atoms with E-state index >= 15 is 0 Å². The Hall–Kier alpha value is -2.60. The number of halogens is 1. The molecular weight excluding hydrogens is 259 g/mol. The van der Waals surface area contributed by atoms with Crippen LogP contribution in [0.2, 0.25) is 0 Å². The van der Waals surface area contributed by atoms with Crippen LogP contribution in [0.3, 0.4) is 0 Å². The highest BCUT2D eigenvalue weighted by atomic mass is 19.1. The number of aromatic nitrogens is 4. The van der Waals surface area contributed by atoms with Crippen molar-refractivity contribution in [2.75, 3.05) is 0 Å². The number of nitrogens with zero attached hydrogens (tertiary/aromatic N) is 4. The highest BCUT2D eigenvalue weighted by Crippen LogP contribution is 2.24. The predicted octanol–water partition coefficient (Wildman–Crippen LogP) is 1.96. The van der Waals surface area contributed by atoms with Gasteiger partial charge in [0.25, 0.3) is 0 Å². The van der Waals surface area contributed by atoms with Crippen LogP contribution in [0.25, 0.3) is 16.9 Å². The van der Waals surface area contributed by atoms with Crippen molar-refractivity contribution in [2.24, 2.45) is 0 Å². The van der Waals surface area contributed by atoms with E-state index in [9.17, 15) is 9.50 Å². The number of hydrogen-bond acceptors (Lipinski definition) is 4. The molecule has 0 aliphatic rings. The van der Waals surface area contributed by atoms with Crippen LogP contribution in [-0.2, 0) is 6.61 Å². The van der Waals surface area contributed by atoms with Gasteiger partial charge in [0.1, 0.15) is 17.2 Å². The fraction of sp³-hybridized carbons (Fsp3) is 0.0714. The third kappa shape index (κ3) is 2.17. The van der Waals surface area contributed by atoms with Crippen molar-refractivity contribution in [1.29, 1.82) is 0 Å². The van der Waals surface area contributed by atoms with Crippen LogP contribution in [0, 0.1) is 5.82 Å². The van der Waals surface area contributed by atoms with Gasteiger partial charge in [0.2, 0.25) is 0 Å². The standard InChI is InChI=1S/C14H11FN4O/c15-11-3-5-12(6-4-11)19-14(13(9-20)17-18-19)10-2-1-7-16-8-10/h1-8,20H,9H2. The first-order valence-electron chi connectivity index (χ1n) is 6.01. The largest absolute Gasteiger partial charge is 0.390 e. The summed E-state index contributed by atoms with van der Waals surface area (Å²) >= 11 is 0. The first kappa shape index (κ1) is 12.4. The van der Waals surface area contributed by atoms with Gasteiger partial charge in [-0.1, -0.05) is 5.21 Å². The smallest absolute Gasteiger partial charge is 0.123 e. The minimum atomic E-state index is -0.320. The van der Waals surface area contributed by atoms with Crippen molar-refractivity contribution >= 4 is 0 Å². The Morgan fingerprint density at radius 1 is 1.15 bits per heavy atom. The molecule has 3 rings (SSSR count). The van der Waals surface area contributed by atoms with Crippen LogP contribution in [0.5, 0.6) is 0 Å². The van der Waals surface area contributed by atoms with Crippen LogP contribution in [0.4, 0.5) is 4.39 Å². The molecule has 0 saturated carbocycles. The normalized spacial score (nSPS) is 10.7. The Balaban J connectivity index is 2.17. The van der Waals surface area contributed by atoms with Crippen molar-refractivity contribution in [3.63, 3.8) is 0 Å². The minimum Gasteiger partial charge on any atom is -0.390 e. The molecule has 5 nitrogen and oxygen atoms in total. The fourth-order valence-electron chi connectivity index (χ4n) is 1.97. The molecule has 1 N–H and O–H groups in total. The zero-order valence-corrected chi connectivity index (χ0v) is 10.4. The highest BCUT2D eigenvalue weighted by molar-refractivity contribution is 5.63. The molecule has 6 heteroatoms. The molecule has 0 amide bonds. The number of benzene rings is 1. The monoisotopic (exact) mass is 270 g/mol. The second kappa shape index (κ2) is 5.18. The summed E-state index contributed by atoms with van der Waals surface area (Å²) < 4.78 is 14.6. The molecule has 100 valence electrons. The van der Waals surface area contributed by atoms with Crippen molar-refractivity contribution in [3.05, 3.63) is 60.3 Å². The van der Waals surface area contributed by atoms with E-state index in [0.29, 0.717) is 17.1 Å². The van der Waals surface area contributed by atoms with Crippen molar-refractivity contribution in [1.82, 2.24) is 20.0 Å². The average molecular weight is 270 g/mol. The zero-order valence-electron chi connectivity index (χ0n) is 10.4. The van der Waals surface area contributed by atoms with E-state index in [-0.39, 0.29) is 12.4 Å². The van der Waals surface area contributed by atoms with Gasteiger partial charge in [-0.15, -0.1) is 5.10 Å². The lowest BCUT2D eigenvalue weighted by Crippen LogP contribution is -2.00. The Kier molecular flexibility index (Phi) is 3.22. The molecule has 1 aromatic carbocycles. The molecule has 0 atom stereocenters. The Labute approximate surface area is 114 Å². The molecule has 0 saturated heterocycles. The van der Waals surface area contributed by atoms with E-state index in [1.54, 1.807) is 35.3 Å². The molecular formula is C14H11FN4O. The third-order valence-electron chi connectivity index (χ3n) is 2.90. The lowest BCUT2D eigenvalue weighted by Gasteiger charge is -2.07. The highest BCUT2D eigenvalue weighted by Gasteiger charge is 2.15. The molecule has 0 unspecified atom stereocenters. The molecule has 0 bridgehead atoms. The molecule has 0 spiro atoms. The van der Waals surface area contributed by atoms with Crippen molar-refractivity contribution in [2.45, 2.75) is 6.61 Å². The topological polar surface area (TPSA) is 63.8 Å². The summed E-state index contributed by atoms with van der Waals surface area (Å²) in [6, 6.07) is 9.55. The number of aliphatic hydroxyl groups is 1. The zero-order chi connectivity index (χ0) is 13.9. The van der Waals surface area contributed by atoms with E-state index in [2.05, 4.69) is 15.3 Å². The van der Waals surface area contributed by atoms with Crippen LogP contribution in [0.1, 0.15) is 5.69 Å². The molecule has 3 aromatic rings. The van der Waals surface area contributed by atoms with Gasteiger partial charge in [0.15, 0.2) is 0 Å². The van der Waals surface area contributed by atoms with Gasteiger partial charge in [0, 0.05) is 18.0 Å². The maximum atomic E-state index is 13.0. The number of rotatable bonds is 3. The molecule has 0 aliphatic heterocycles. The fourth-order valence-corrected chi connectivity index (χ4v) is 1.97. The SMILES string of the molecule is OCc1nnn(-c2ccc(F)cc2)c1-c1cccnc1. The van der Waals surface area contributed by atoms with E-state index in [1.165, 1.54) is 12.1 Å². The number of aliphatic hydroxyl groups excluding tert-OH is 1. The van der Waals surface area contributed by atoms with E-state index < -0.39 is 0 Å². The van der Waals surface area contributed by atoms with Crippen molar-refractivity contribution in [3.8, 4) is 16.9 Å². The van der Waals surface area contributed by atoms with Crippen LogP contribution in [-0.4, -0.2) is 25.1 Å². The van der Waals surface area contributed by atoms with Gasteiger partial charge in [-0.3, -0.25) is 4.98 Å². The van der Waals surface area contributed by atoms with E-state index in [0.717, 1.165) is 5.56 Å². The van der Waals surface area contributed by atoms with Crippen molar-refractivity contribution < 1.29 is 9.50 Å². The molecule has 20 heavy (non-hydrogen) atoms. The Morgan fingerprint density at radius 3 is 2.60 bits per heavy atom. The number of pyridine rings is 1. The summed E-state index contributed by atoms with van der Waals surface area (Å²) in [5.41, 5.74) is 2.54. The molecule has 0 radical (unpaired) electrons. The van der Waals surface area contributed by atoms with Gasteiger partial charge in [0.05, 0.1) is 12.3 Å². The average Bonchev–Trinajstić information content (AvgIpc) is 2.93. The summed E-state index contributed by atoms with van der Waals surface area (Å²) in [7, 11) is 0. The van der Waals surface area contributed by atoms with Crippen LogP contribution < -0.4 is 0 Å². The van der Waals surface area contributed by atoms with Gasteiger partial charge < -0.3 is 5.11 Å². The quantitative estimate of drug-likeness (QED) is 0.790. The maximum Gasteiger partial charge on any atom is 0.123 e. The molecule has 2 heterocycles. The third-order valence-corrected chi connectivity index (χ3v) is 2.90.